The van der Waals surface area contributed by atoms with Gasteiger partial charge in [0.25, 0.3) is 0 Å². The molecule has 108 valence electrons. The minimum Gasteiger partial charge on any atom is -0.497 e. The first kappa shape index (κ1) is 14.5. The van der Waals surface area contributed by atoms with Crippen molar-refractivity contribution in [3.05, 3.63) is 53.9 Å². The zero-order valence-electron chi connectivity index (χ0n) is 10.8. The zero-order valence-corrected chi connectivity index (χ0v) is 10.8. The van der Waals surface area contributed by atoms with Gasteiger partial charge in [-0.05, 0) is 23.8 Å². The molecule has 0 radical (unpaired) electrons. The second kappa shape index (κ2) is 5.58. The summed E-state index contributed by atoms with van der Waals surface area (Å²) in [6.07, 6.45) is -4.29. The third kappa shape index (κ3) is 3.33. The predicted octanol–water partition coefficient (Wildman–Crippen LogP) is 3.14. The number of nitrogens with zero attached hydrogens (tertiary/aromatic N) is 1. The van der Waals surface area contributed by atoms with Crippen molar-refractivity contribution in [2.45, 2.75) is 18.8 Å². The molecule has 3 nitrogen and oxygen atoms in total. The van der Waals surface area contributed by atoms with Gasteiger partial charge in [-0.15, -0.1) is 0 Å². The Balaban J connectivity index is 2.09. The number of rotatable bonds is 4. The quantitative estimate of drug-likeness (QED) is 0.936. The monoisotopic (exact) mass is 285 g/mol. The van der Waals surface area contributed by atoms with E-state index in [1.165, 1.54) is 18.5 Å². The molecular weight excluding hydrogens is 271 g/mol. The molecule has 1 heterocycles. The number of alkyl halides is 3. The Morgan fingerprint density at radius 1 is 1.20 bits per heavy atom. The molecule has 0 fully saturated rings. The van der Waals surface area contributed by atoms with E-state index in [-0.39, 0.29) is 5.56 Å². The SMILES string of the molecule is COc1ccc(Cn2ccc(C(O)C(F)(F)F)c2)cc1. The van der Waals surface area contributed by atoms with Crippen LogP contribution in [-0.2, 0) is 6.54 Å². The minimum absolute atomic E-state index is 0.161. The molecular formula is C14H14F3NO2. The zero-order chi connectivity index (χ0) is 14.8. The first-order chi connectivity index (χ1) is 9.40. The Hall–Kier alpha value is -1.95. The van der Waals surface area contributed by atoms with Crippen molar-refractivity contribution in [1.29, 1.82) is 0 Å². The van der Waals surface area contributed by atoms with E-state index in [9.17, 15) is 13.2 Å². The van der Waals surface area contributed by atoms with Gasteiger partial charge in [0, 0.05) is 24.5 Å². The van der Waals surface area contributed by atoms with Crippen molar-refractivity contribution in [3.8, 4) is 5.75 Å². The molecule has 6 heteroatoms. The predicted molar refractivity (Wildman–Crippen MR) is 67.5 cm³/mol. The first-order valence-electron chi connectivity index (χ1n) is 5.93. The summed E-state index contributed by atoms with van der Waals surface area (Å²) in [5.41, 5.74) is 0.764. The first-order valence-corrected chi connectivity index (χ1v) is 5.93. The molecule has 0 aliphatic rings. The van der Waals surface area contributed by atoms with Gasteiger partial charge < -0.3 is 14.4 Å². The third-order valence-corrected chi connectivity index (χ3v) is 2.92. The summed E-state index contributed by atoms with van der Waals surface area (Å²) in [7, 11) is 1.56. The number of aliphatic hydroxyl groups is 1. The maximum absolute atomic E-state index is 12.4. The number of methoxy groups -OCH3 is 1. The van der Waals surface area contributed by atoms with Crippen LogP contribution >= 0.6 is 0 Å². The van der Waals surface area contributed by atoms with E-state index in [0.29, 0.717) is 6.54 Å². The molecule has 0 bridgehead atoms. The molecule has 1 unspecified atom stereocenters. The van der Waals surface area contributed by atoms with Gasteiger partial charge in [0.1, 0.15) is 5.75 Å². The minimum atomic E-state index is -4.65. The van der Waals surface area contributed by atoms with Crippen LogP contribution in [0.1, 0.15) is 17.2 Å². The Labute approximate surface area is 114 Å². The summed E-state index contributed by atoms with van der Waals surface area (Å²) in [6, 6.07) is 8.49. The van der Waals surface area contributed by atoms with Crippen LogP contribution in [0.3, 0.4) is 0 Å². The van der Waals surface area contributed by atoms with Crippen molar-refractivity contribution in [2.24, 2.45) is 0 Å². The Bertz CT molecular complexity index is 561. The summed E-state index contributed by atoms with van der Waals surface area (Å²) in [6.45, 7) is 0.425. The normalized spacial score (nSPS) is 13.2. The van der Waals surface area contributed by atoms with Crippen LogP contribution in [-0.4, -0.2) is 23.0 Å². The number of hydrogen-bond donors (Lipinski definition) is 1. The molecule has 20 heavy (non-hydrogen) atoms. The molecule has 0 aliphatic carbocycles. The third-order valence-electron chi connectivity index (χ3n) is 2.92. The van der Waals surface area contributed by atoms with E-state index in [1.54, 1.807) is 23.8 Å². The van der Waals surface area contributed by atoms with Gasteiger partial charge in [0.2, 0.25) is 0 Å². The molecule has 0 amide bonds. The van der Waals surface area contributed by atoms with E-state index in [0.717, 1.165) is 11.3 Å². The van der Waals surface area contributed by atoms with Crippen LogP contribution in [0.15, 0.2) is 42.7 Å². The van der Waals surface area contributed by atoms with Crippen LogP contribution in [0.5, 0.6) is 5.75 Å². The van der Waals surface area contributed by atoms with Crippen molar-refractivity contribution in [2.75, 3.05) is 7.11 Å². The Morgan fingerprint density at radius 2 is 1.85 bits per heavy atom. The average molecular weight is 285 g/mol. The van der Waals surface area contributed by atoms with Crippen molar-refractivity contribution in [3.63, 3.8) is 0 Å². The van der Waals surface area contributed by atoms with E-state index in [2.05, 4.69) is 0 Å². The average Bonchev–Trinajstić information content (AvgIpc) is 2.86. The van der Waals surface area contributed by atoms with Crippen LogP contribution < -0.4 is 4.74 Å². The fourth-order valence-electron chi connectivity index (χ4n) is 1.85. The maximum atomic E-state index is 12.4. The highest BCUT2D eigenvalue weighted by molar-refractivity contribution is 5.27. The molecule has 0 spiro atoms. The lowest BCUT2D eigenvalue weighted by atomic mass is 10.2. The van der Waals surface area contributed by atoms with Gasteiger partial charge in [-0.2, -0.15) is 13.2 Å². The number of aliphatic hydroxyl groups excluding tert-OH is 1. The largest absolute Gasteiger partial charge is 0.497 e. The summed E-state index contributed by atoms with van der Waals surface area (Å²) >= 11 is 0. The summed E-state index contributed by atoms with van der Waals surface area (Å²) < 4.78 is 43.8. The van der Waals surface area contributed by atoms with Crippen LogP contribution in [0.4, 0.5) is 13.2 Å². The van der Waals surface area contributed by atoms with Gasteiger partial charge in [-0.25, -0.2) is 0 Å². The summed E-state index contributed by atoms with van der Waals surface area (Å²) in [5.74, 6) is 0.717. The van der Waals surface area contributed by atoms with Crippen LogP contribution in [0.2, 0.25) is 0 Å². The molecule has 0 aliphatic heterocycles. The Morgan fingerprint density at radius 3 is 2.40 bits per heavy atom. The number of aromatic nitrogens is 1. The molecule has 0 saturated carbocycles. The maximum Gasteiger partial charge on any atom is 0.418 e. The molecule has 2 aromatic rings. The second-order valence-corrected chi connectivity index (χ2v) is 4.41. The van der Waals surface area contributed by atoms with E-state index < -0.39 is 12.3 Å². The summed E-state index contributed by atoms with van der Waals surface area (Å²) in [4.78, 5) is 0. The van der Waals surface area contributed by atoms with Gasteiger partial charge in [-0.3, -0.25) is 0 Å². The lowest BCUT2D eigenvalue weighted by molar-refractivity contribution is -0.206. The van der Waals surface area contributed by atoms with Crippen molar-refractivity contribution in [1.82, 2.24) is 4.57 Å². The molecule has 1 N–H and O–H groups in total. The van der Waals surface area contributed by atoms with Crippen molar-refractivity contribution >= 4 is 0 Å². The molecule has 0 saturated heterocycles. The van der Waals surface area contributed by atoms with Crippen LogP contribution in [0, 0.1) is 0 Å². The van der Waals surface area contributed by atoms with Crippen molar-refractivity contribution < 1.29 is 23.0 Å². The van der Waals surface area contributed by atoms with E-state index in [1.807, 2.05) is 12.1 Å². The van der Waals surface area contributed by atoms with E-state index in [4.69, 9.17) is 9.84 Å². The number of halogens is 3. The second-order valence-electron chi connectivity index (χ2n) is 4.41. The highest BCUT2D eigenvalue weighted by atomic mass is 19.4. The molecule has 2 rings (SSSR count). The highest BCUT2D eigenvalue weighted by Crippen LogP contribution is 2.32. The summed E-state index contributed by atoms with van der Waals surface area (Å²) in [5, 5.41) is 9.15. The fourth-order valence-corrected chi connectivity index (χ4v) is 1.85. The molecule has 1 atom stereocenters. The van der Waals surface area contributed by atoms with Gasteiger partial charge in [-0.1, -0.05) is 12.1 Å². The van der Waals surface area contributed by atoms with Gasteiger partial charge in [0.15, 0.2) is 6.10 Å². The molecule has 1 aromatic carbocycles. The van der Waals surface area contributed by atoms with E-state index >= 15 is 0 Å². The Kier molecular flexibility index (Phi) is 4.04. The standard InChI is InChI=1S/C14H14F3NO2/c1-20-12-4-2-10(3-5-12)8-18-7-6-11(9-18)13(19)14(15,16)17/h2-7,9,13,19H,8H2,1H3. The fraction of sp³-hybridized carbons (Fsp3) is 0.286. The lowest BCUT2D eigenvalue weighted by Crippen LogP contribution is -2.19. The smallest absolute Gasteiger partial charge is 0.418 e. The van der Waals surface area contributed by atoms with Gasteiger partial charge >= 0.3 is 6.18 Å². The number of ether oxygens (including phenoxy) is 1. The number of hydrogen-bond acceptors (Lipinski definition) is 2. The highest BCUT2D eigenvalue weighted by Gasteiger charge is 2.39. The molecule has 1 aromatic heterocycles. The van der Waals surface area contributed by atoms with Crippen LogP contribution in [0.25, 0.3) is 0 Å². The topological polar surface area (TPSA) is 34.4 Å². The van der Waals surface area contributed by atoms with Gasteiger partial charge in [0.05, 0.1) is 7.11 Å². The number of benzene rings is 1. The lowest BCUT2D eigenvalue weighted by Gasteiger charge is -2.12.